The third-order valence-electron chi connectivity index (χ3n) is 8.36. The van der Waals surface area contributed by atoms with E-state index in [1.54, 1.807) is 7.11 Å². The molecule has 216 valence electrons. The molecule has 0 aromatic heterocycles. The number of hydrogen-bond acceptors (Lipinski definition) is 5. The largest absolute Gasteiger partial charge is 0.497 e. The minimum atomic E-state index is -2.68. The Morgan fingerprint density at radius 3 is 1.95 bits per heavy atom. The van der Waals surface area contributed by atoms with E-state index in [9.17, 15) is 5.11 Å². The fourth-order valence-corrected chi connectivity index (χ4v) is 10.7. The zero-order chi connectivity index (χ0) is 28.9. The van der Waals surface area contributed by atoms with Gasteiger partial charge in [-0.25, -0.2) is 0 Å². The number of ether oxygens (including phenoxy) is 3. The molecule has 1 N–H and O–H groups in total. The Bertz CT molecular complexity index is 1140. The minimum absolute atomic E-state index is 0.0882. The van der Waals surface area contributed by atoms with Crippen LogP contribution in [0.1, 0.15) is 53.4 Å². The lowest BCUT2D eigenvalue weighted by atomic mass is 9.84. The molecular formula is C34H46O5Si. The monoisotopic (exact) mass is 562 g/mol. The van der Waals surface area contributed by atoms with E-state index in [1.165, 1.54) is 10.4 Å². The van der Waals surface area contributed by atoms with Crippen molar-refractivity contribution in [2.75, 3.05) is 20.3 Å². The van der Waals surface area contributed by atoms with Crippen molar-refractivity contribution in [2.45, 2.75) is 65.1 Å². The summed E-state index contributed by atoms with van der Waals surface area (Å²) >= 11 is 0. The standard InChI is InChI=1S/C34H46O5Si/c1-24(23-38-40(34(4,5)6,29-14-10-8-11-15-29)30-16-12-9-13-17-30)31(35)26(3)32-25(2)22-37-33(39-32)27-18-20-28(36-7)21-19-27/h8-21,24-26,31-33,35H,22-23H2,1-7H3/t24-,25+,26+,31+,32+,33+/m1/s1. The van der Waals surface area contributed by atoms with Crippen molar-refractivity contribution in [2.24, 2.45) is 17.8 Å². The van der Waals surface area contributed by atoms with Crippen molar-refractivity contribution >= 4 is 18.7 Å². The van der Waals surface area contributed by atoms with Gasteiger partial charge in [0.25, 0.3) is 8.32 Å². The van der Waals surface area contributed by atoms with Gasteiger partial charge in [0.15, 0.2) is 6.29 Å². The van der Waals surface area contributed by atoms with Crippen molar-refractivity contribution in [1.29, 1.82) is 0 Å². The van der Waals surface area contributed by atoms with Crippen LogP contribution in [0.4, 0.5) is 0 Å². The average Bonchev–Trinajstić information content (AvgIpc) is 2.97. The maximum Gasteiger partial charge on any atom is 0.261 e. The molecule has 1 saturated heterocycles. The molecule has 1 fully saturated rings. The Hall–Kier alpha value is -2.48. The smallest absolute Gasteiger partial charge is 0.261 e. The fraction of sp³-hybridized carbons (Fsp3) is 0.471. The lowest BCUT2D eigenvalue weighted by Crippen LogP contribution is -2.67. The highest BCUT2D eigenvalue weighted by Crippen LogP contribution is 2.38. The van der Waals surface area contributed by atoms with E-state index in [4.69, 9.17) is 18.6 Å². The SMILES string of the molecule is COc1ccc([C@H]2OC[C@H](C)[C@@H]([C@@H](C)[C@@H](O)[C@H](C)CO[Si](c3ccccc3)(c3ccccc3)C(C)(C)C)O2)cc1. The molecule has 1 aliphatic rings. The third-order valence-corrected chi connectivity index (χ3v) is 13.4. The lowest BCUT2D eigenvalue weighted by Gasteiger charge is -2.44. The molecule has 6 heteroatoms. The molecule has 0 unspecified atom stereocenters. The summed E-state index contributed by atoms with van der Waals surface area (Å²) in [5, 5.41) is 14.0. The van der Waals surface area contributed by atoms with Crippen molar-refractivity contribution in [3.8, 4) is 5.75 Å². The zero-order valence-corrected chi connectivity index (χ0v) is 26.0. The predicted octanol–water partition coefficient (Wildman–Crippen LogP) is 5.96. The zero-order valence-electron chi connectivity index (χ0n) is 25.0. The number of rotatable bonds is 10. The summed E-state index contributed by atoms with van der Waals surface area (Å²) in [6.45, 7) is 14.2. The summed E-state index contributed by atoms with van der Waals surface area (Å²) in [7, 11) is -1.03. The minimum Gasteiger partial charge on any atom is -0.497 e. The molecule has 40 heavy (non-hydrogen) atoms. The Kier molecular flexibility index (Phi) is 9.91. The first-order valence-electron chi connectivity index (χ1n) is 14.4. The van der Waals surface area contributed by atoms with Crippen LogP contribution >= 0.6 is 0 Å². The Labute approximate surface area is 241 Å². The van der Waals surface area contributed by atoms with E-state index in [1.807, 2.05) is 24.3 Å². The summed E-state index contributed by atoms with van der Waals surface area (Å²) in [5.74, 6) is 0.763. The summed E-state index contributed by atoms with van der Waals surface area (Å²) in [6.07, 6.45) is -1.21. The van der Waals surface area contributed by atoms with Gasteiger partial charge in [-0.1, -0.05) is 114 Å². The maximum atomic E-state index is 11.6. The van der Waals surface area contributed by atoms with Crippen LogP contribution in [-0.2, 0) is 13.9 Å². The molecule has 1 aliphatic heterocycles. The highest BCUT2D eigenvalue weighted by atomic mass is 28.4. The van der Waals surface area contributed by atoms with Gasteiger partial charge in [0, 0.05) is 29.9 Å². The molecule has 3 aromatic carbocycles. The third kappa shape index (κ3) is 6.37. The number of hydrogen-bond donors (Lipinski definition) is 1. The number of methoxy groups -OCH3 is 1. The van der Waals surface area contributed by atoms with Crippen LogP contribution in [0, 0.1) is 17.8 Å². The molecule has 4 rings (SSSR count). The van der Waals surface area contributed by atoms with Crippen LogP contribution in [0.2, 0.25) is 5.04 Å². The van der Waals surface area contributed by atoms with Gasteiger partial charge in [0.05, 0.1) is 25.9 Å². The van der Waals surface area contributed by atoms with E-state index >= 15 is 0 Å². The normalized spacial score (nSPS) is 22.4. The van der Waals surface area contributed by atoms with E-state index < -0.39 is 20.7 Å². The molecule has 0 aliphatic carbocycles. The molecule has 6 atom stereocenters. The molecule has 0 spiro atoms. The van der Waals surface area contributed by atoms with Crippen molar-refractivity contribution < 1.29 is 23.7 Å². The summed E-state index contributed by atoms with van der Waals surface area (Å²) < 4.78 is 24.9. The average molecular weight is 563 g/mol. The van der Waals surface area contributed by atoms with Crippen molar-refractivity contribution in [1.82, 2.24) is 0 Å². The first-order chi connectivity index (χ1) is 19.1. The maximum absolute atomic E-state index is 11.6. The van der Waals surface area contributed by atoms with Gasteiger partial charge >= 0.3 is 0 Å². The van der Waals surface area contributed by atoms with E-state index in [-0.39, 0.29) is 28.9 Å². The first-order valence-corrected chi connectivity index (χ1v) is 16.3. The highest BCUT2D eigenvalue weighted by Gasteiger charge is 2.50. The molecule has 0 amide bonds. The summed E-state index contributed by atoms with van der Waals surface area (Å²) in [5.41, 5.74) is 0.947. The van der Waals surface area contributed by atoms with E-state index in [0.717, 1.165) is 11.3 Å². The second-order valence-electron chi connectivity index (χ2n) is 12.3. The fourth-order valence-electron chi connectivity index (χ4n) is 6.06. The van der Waals surface area contributed by atoms with Gasteiger partial charge in [0.1, 0.15) is 5.75 Å². The molecular weight excluding hydrogens is 516 g/mol. The molecule has 0 bridgehead atoms. The van der Waals surface area contributed by atoms with Gasteiger partial charge in [0.2, 0.25) is 0 Å². The first kappa shape index (κ1) is 30.5. The van der Waals surface area contributed by atoms with Crippen molar-refractivity contribution in [3.63, 3.8) is 0 Å². The Balaban J connectivity index is 1.52. The van der Waals surface area contributed by atoms with Gasteiger partial charge in [-0.2, -0.15) is 0 Å². The second kappa shape index (κ2) is 13.0. The van der Waals surface area contributed by atoms with Crippen molar-refractivity contribution in [3.05, 3.63) is 90.5 Å². The van der Waals surface area contributed by atoms with Gasteiger partial charge in [-0.15, -0.1) is 0 Å². The molecule has 0 radical (unpaired) electrons. The van der Waals surface area contributed by atoms with Crippen LogP contribution in [0.15, 0.2) is 84.9 Å². The van der Waals surface area contributed by atoms with E-state index in [0.29, 0.717) is 13.2 Å². The Morgan fingerprint density at radius 1 is 0.900 bits per heavy atom. The van der Waals surface area contributed by atoms with E-state index in [2.05, 4.69) is 102 Å². The number of aliphatic hydroxyl groups is 1. The molecule has 3 aromatic rings. The topological polar surface area (TPSA) is 57.2 Å². The Morgan fingerprint density at radius 2 is 1.45 bits per heavy atom. The molecule has 1 heterocycles. The van der Waals surface area contributed by atoms with Gasteiger partial charge in [-0.05, 0) is 27.5 Å². The second-order valence-corrected chi connectivity index (χ2v) is 16.6. The predicted molar refractivity (Wildman–Crippen MR) is 164 cm³/mol. The van der Waals surface area contributed by atoms with Crippen LogP contribution in [0.25, 0.3) is 0 Å². The molecule has 0 saturated carbocycles. The quantitative estimate of drug-likeness (QED) is 0.309. The van der Waals surface area contributed by atoms with Crippen LogP contribution in [0.5, 0.6) is 5.75 Å². The lowest BCUT2D eigenvalue weighted by molar-refractivity contribution is -0.257. The van der Waals surface area contributed by atoms with Crippen LogP contribution in [0.3, 0.4) is 0 Å². The molecule has 5 nitrogen and oxygen atoms in total. The highest BCUT2D eigenvalue weighted by molar-refractivity contribution is 6.99. The van der Waals surface area contributed by atoms with Crippen LogP contribution < -0.4 is 15.1 Å². The number of benzene rings is 3. The van der Waals surface area contributed by atoms with Gasteiger partial charge < -0.3 is 23.7 Å². The summed E-state index contributed by atoms with van der Waals surface area (Å²) in [6, 6.07) is 29.1. The van der Waals surface area contributed by atoms with Crippen LogP contribution in [-0.4, -0.2) is 46.0 Å². The number of aliphatic hydroxyl groups excluding tert-OH is 1. The summed E-state index contributed by atoms with van der Waals surface area (Å²) in [4.78, 5) is 0. The van der Waals surface area contributed by atoms with Gasteiger partial charge in [-0.3, -0.25) is 0 Å².